The number of hydrogen-bond donors (Lipinski definition) is 0. The monoisotopic (exact) mass is 236 g/mol. The van der Waals surface area contributed by atoms with E-state index in [0.29, 0.717) is 12.6 Å². The van der Waals surface area contributed by atoms with Crippen molar-refractivity contribution in [2.24, 2.45) is 0 Å². The molecule has 1 aromatic rings. The van der Waals surface area contributed by atoms with Crippen LogP contribution in [0.15, 0.2) is 12.1 Å². The summed E-state index contributed by atoms with van der Waals surface area (Å²) in [6.07, 6.45) is 2.94. The Bertz CT molecular complexity index is 461. The Hall–Kier alpha value is -1.63. The highest BCUT2D eigenvalue weighted by molar-refractivity contribution is 5.53. The molecule has 0 aromatic heterocycles. The second-order valence-corrected chi connectivity index (χ2v) is 4.30. The Balaban J connectivity index is 2.37. The minimum Gasteiger partial charge on any atom is -0.366 e. The normalized spacial score (nSPS) is 14.5. The summed E-state index contributed by atoms with van der Waals surface area (Å²) in [5.41, 5.74) is 0.0457. The van der Waals surface area contributed by atoms with Gasteiger partial charge in [-0.15, -0.1) is 0 Å². The first-order chi connectivity index (χ1) is 8.19. The molecular formula is C13H14F2N2. The SMILES string of the molecule is CCCN(c1ccc(C#N)c(F)c1F)C1CC1. The lowest BCUT2D eigenvalue weighted by molar-refractivity contribution is 0.503. The van der Waals surface area contributed by atoms with Gasteiger partial charge in [0.15, 0.2) is 11.6 Å². The predicted molar refractivity (Wildman–Crippen MR) is 61.7 cm³/mol. The fourth-order valence-electron chi connectivity index (χ4n) is 1.97. The van der Waals surface area contributed by atoms with Gasteiger partial charge in [-0.25, -0.2) is 8.78 Å². The molecule has 0 N–H and O–H groups in total. The van der Waals surface area contributed by atoms with Crippen molar-refractivity contribution in [3.63, 3.8) is 0 Å². The maximum absolute atomic E-state index is 13.8. The van der Waals surface area contributed by atoms with Gasteiger partial charge in [-0.05, 0) is 31.4 Å². The van der Waals surface area contributed by atoms with Crippen molar-refractivity contribution in [2.75, 3.05) is 11.4 Å². The molecule has 0 amide bonds. The van der Waals surface area contributed by atoms with E-state index in [1.54, 1.807) is 6.07 Å². The molecule has 1 aromatic carbocycles. The number of benzene rings is 1. The minimum absolute atomic E-state index is 0.238. The van der Waals surface area contributed by atoms with Crippen molar-refractivity contribution in [2.45, 2.75) is 32.2 Å². The largest absolute Gasteiger partial charge is 0.366 e. The van der Waals surface area contributed by atoms with Crippen LogP contribution in [0.5, 0.6) is 0 Å². The number of anilines is 1. The van der Waals surface area contributed by atoms with Crippen LogP contribution >= 0.6 is 0 Å². The molecule has 0 atom stereocenters. The second kappa shape index (κ2) is 4.70. The van der Waals surface area contributed by atoms with E-state index < -0.39 is 11.6 Å². The number of rotatable bonds is 4. The Labute approximate surface area is 99.5 Å². The molecule has 1 saturated carbocycles. The van der Waals surface area contributed by atoms with E-state index in [1.165, 1.54) is 12.1 Å². The fraction of sp³-hybridized carbons (Fsp3) is 0.462. The van der Waals surface area contributed by atoms with Crippen molar-refractivity contribution in [3.05, 3.63) is 29.3 Å². The topological polar surface area (TPSA) is 27.0 Å². The molecular weight excluding hydrogens is 222 g/mol. The van der Waals surface area contributed by atoms with Gasteiger partial charge in [0.25, 0.3) is 0 Å². The van der Waals surface area contributed by atoms with Gasteiger partial charge in [0.05, 0.1) is 11.3 Å². The van der Waals surface area contributed by atoms with Crippen LogP contribution in [0.2, 0.25) is 0 Å². The van der Waals surface area contributed by atoms with E-state index >= 15 is 0 Å². The summed E-state index contributed by atoms with van der Waals surface area (Å²) in [5, 5.41) is 8.63. The quantitative estimate of drug-likeness (QED) is 0.802. The van der Waals surface area contributed by atoms with Crippen LogP contribution in [0.25, 0.3) is 0 Å². The van der Waals surface area contributed by atoms with E-state index in [9.17, 15) is 8.78 Å². The minimum atomic E-state index is -1.04. The molecule has 0 radical (unpaired) electrons. The van der Waals surface area contributed by atoms with E-state index in [1.807, 2.05) is 11.8 Å². The average Bonchev–Trinajstić information content (AvgIpc) is 3.14. The summed E-state index contributed by atoms with van der Waals surface area (Å²) >= 11 is 0. The zero-order chi connectivity index (χ0) is 12.4. The maximum Gasteiger partial charge on any atom is 0.183 e. The third-order valence-corrected chi connectivity index (χ3v) is 2.94. The Morgan fingerprint density at radius 3 is 2.59 bits per heavy atom. The molecule has 2 rings (SSSR count). The highest BCUT2D eigenvalue weighted by Gasteiger charge is 2.31. The van der Waals surface area contributed by atoms with E-state index in [2.05, 4.69) is 0 Å². The van der Waals surface area contributed by atoms with E-state index in [4.69, 9.17) is 5.26 Å². The van der Waals surface area contributed by atoms with E-state index in [0.717, 1.165) is 19.3 Å². The smallest absolute Gasteiger partial charge is 0.183 e. The van der Waals surface area contributed by atoms with Crippen LogP contribution in [0.4, 0.5) is 14.5 Å². The molecule has 1 fully saturated rings. The molecule has 4 heteroatoms. The molecule has 1 aliphatic carbocycles. The molecule has 0 unspecified atom stereocenters. The van der Waals surface area contributed by atoms with Crippen molar-refractivity contribution < 1.29 is 8.78 Å². The lowest BCUT2D eigenvalue weighted by atomic mass is 10.1. The van der Waals surface area contributed by atoms with Crippen molar-refractivity contribution in [3.8, 4) is 6.07 Å². The third kappa shape index (κ3) is 2.23. The molecule has 0 aliphatic heterocycles. The van der Waals surface area contributed by atoms with Crippen LogP contribution in [0.3, 0.4) is 0 Å². The first-order valence-corrected chi connectivity index (χ1v) is 5.83. The molecule has 2 nitrogen and oxygen atoms in total. The Kier molecular flexibility index (Phi) is 3.28. The first kappa shape index (κ1) is 11.8. The van der Waals surface area contributed by atoms with Crippen LogP contribution in [-0.4, -0.2) is 12.6 Å². The summed E-state index contributed by atoms with van der Waals surface area (Å²) in [5.74, 6) is -1.93. The number of nitriles is 1. The van der Waals surface area contributed by atoms with Gasteiger partial charge in [0.1, 0.15) is 6.07 Å². The van der Waals surface area contributed by atoms with Gasteiger partial charge in [0.2, 0.25) is 0 Å². The van der Waals surface area contributed by atoms with Crippen LogP contribution in [0.1, 0.15) is 31.7 Å². The summed E-state index contributed by atoms with van der Waals surface area (Å²) in [6.45, 7) is 2.72. The predicted octanol–water partition coefficient (Wildman–Crippen LogP) is 3.22. The second-order valence-electron chi connectivity index (χ2n) is 4.30. The average molecular weight is 236 g/mol. The van der Waals surface area contributed by atoms with Gasteiger partial charge < -0.3 is 4.90 Å². The summed E-state index contributed by atoms with van der Waals surface area (Å²) < 4.78 is 27.4. The van der Waals surface area contributed by atoms with Gasteiger partial charge in [-0.1, -0.05) is 6.92 Å². The molecule has 0 saturated heterocycles. The zero-order valence-corrected chi connectivity index (χ0v) is 9.71. The van der Waals surface area contributed by atoms with Gasteiger partial charge >= 0.3 is 0 Å². The molecule has 17 heavy (non-hydrogen) atoms. The Morgan fingerprint density at radius 1 is 1.35 bits per heavy atom. The maximum atomic E-state index is 13.8. The van der Waals surface area contributed by atoms with Crippen LogP contribution < -0.4 is 4.90 Å². The zero-order valence-electron chi connectivity index (χ0n) is 9.71. The number of halogens is 2. The fourth-order valence-corrected chi connectivity index (χ4v) is 1.97. The van der Waals surface area contributed by atoms with Gasteiger partial charge in [-0.2, -0.15) is 5.26 Å². The summed E-state index contributed by atoms with van der Waals surface area (Å²) in [7, 11) is 0. The Morgan fingerprint density at radius 2 is 2.06 bits per heavy atom. The lowest BCUT2D eigenvalue weighted by Gasteiger charge is -2.24. The van der Waals surface area contributed by atoms with Gasteiger partial charge in [-0.3, -0.25) is 0 Å². The van der Waals surface area contributed by atoms with Crippen molar-refractivity contribution >= 4 is 5.69 Å². The highest BCUT2D eigenvalue weighted by atomic mass is 19.2. The van der Waals surface area contributed by atoms with Gasteiger partial charge in [0, 0.05) is 12.6 Å². The standard InChI is InChI=1S/C13H14F2N2/c1-2-7-17(10-4-5-10)11-6-3-9(8-16)12(14)13(11)15/h3,6,10H,2,4-5,7H2,1H3. The lowest BCUT2D eigenvalue weighted by Crippen LogP contribution is -2.27. The van der Waals surface area contributed by atoms with Crippen LogP contribution in [-0.2, 0) is 0 Å². The molecule has 1 aliphatic rings. The summed E-state index contributed by atoms with van der Waals surface area (Å²) in [6, 6.07) is 4.83. The molecule has 0 bridgehead atoms. The van der Waals surface area contributed by atoms with Crippen LogP contribution in [0, 0.1) is 23.0 Å². The number of nitrogens with zero attached hydrogens (tertiary/aromatic N) is 2. The summed E-state index contributed by atoms with van der Waals surface area (Å²) in [4.78, 5) is 1.90. The highest BCUT2D eigenvalue weighted by Crippen LogP contribution is 2.34. The number of hydrogen-bond acceptors (Lipinski definition) is 2. The van der Waals surface area contributed by atoms with E-state index in [-0.39, 0.29) is 11.3 Å². The first-order valence-electron chi connectivity index (χ1n) is 5.83. The molecule has 0 heterocycles. The third-order valence-electron chi connectivity index (χ3n) is 2.94. The molecule has 90 valence electrons. The van der Waals surface area contributed by atoms with Crippen molar-refractivity contribution in [1.29, 1.82) is 5.26 Å². The molecule has 0 spiro atoms. The van der Waals surface area contributed by atoms with Crippen molar-refractivity contribution in [1.82, 2.24) is 0 Å².